The average molecular weight is 527 g/mol. The van der Waals surface area contributed by atoms with Crippen molar-refractivity contribution >= 4 is 21.6 Å². The molecule has 0 aliphatic carbocycles. The highest BCUT2D eigenvalue weighted by Crippen LogP contribution is 2.14. The zero-order chi connectivity index (χ0) is 27.1. The number of nitrogens with two attached hydrogens (primary N) is 1. The van der Waals surface area contributed by atoms with E-state index in [2.05, 4.69) is 27.3 Å². The number of nitrogens with one attached hydrogen (secondary N) is 1. The second-order valence-electron chi connectivity index (χ2n) is 8.34. The van der Waals surface area contributed by atoms with Gasteiger partial charge < -0.3 is 20.7 Å². The SMILES string of the molecule is CCOC(=O)CN(Cc1ccc(CN2CCCC2)cc1)/C(C)=N/CS(C)(=O)=O.CN/C(N)=C\[N+](=O)[O-]. The van der Waals surface area contributed by atoms with Crippen LogP contribution in [0.4, 0.5) is 0 Å². The maximum Gasteiger partial charge on any atom is 0.325 e. The second kappa shape index (κ2) is 15.7. The molecule has 0 amide bonds. The van der Waals surface area contributed by atoms with Gasteiger partial charge in [0.1, 0.15) is 12.4 Å². The molecule has 0 spiro atoms. The van der Waals surface area contributed by atoms with Crippen molar-refractivity contribution < 1.29 is 22.9 Å². The van der Waals surface area contributed by atoms with Crippen molar-refractivity contribution in [2.45, 2.75) is 39.8 Å². The number of aliphatic imine (C=N–C) groups is 1. The molecular weight excluding hydrogens is 488 g/mol. The van der Waals surface area contributed by atoms with Crippen LogP contribution in [0, 0.1) is 10.1 Å². The third-order valence-electron chi connectivity index (χ3n) is 5.15. The Kier molecular flexibility index (Phi) is 13.5. The van der Waals surface area contributed by atoms with Gasteiger partial charge in [-0.15, -0.1) is 0 Å². The second-order valence-corrected chi connectivity index (χ2v) is 10.5. The van der Waals surface area contributed by atoms with Crippen LogP contribution >= 0.6 is 0 Å². The monoisotopic (exact) mass is 526 g/mol. The molecule has 0 bridgehead atoms. The standard InChI is InChI=1S/C20H31N3O4S.C3H7N3O2/c1-4-27-20(24)15-23(17(2)21-16-28(3,25)26)14-19-9-7-18(8-10-19)13-22-11-5-6-12-22;1-5-3(4)2-6(7)8/h7-10H,4-6,11-16H2,1-3H3;2,5H,4H2,1H3/b21-17+;3-2-. The van der Waals surface area contributed by atoms with Crippen LogP contribution in [0.15, 0.2) is 41.3 Å². The van der Waals surface area contributed by atoms with Gasteiger partial charge in [0.05, 0.1) is 17.4 Å². The summed E-state index contributed by atoms with van der Waals surface area (Å²) >= 11 is 0. The predicted molar refractivity (Wildman–Crippen MR) is 139 cm³/mol. The van der Waals surface area contributed by atoms with Gasteiger partial charge in [0.25, 0.3) is 6.20 Å². The van der Waals surface area contributed by atoms with E-state index in [0.717, 1.165) is 31.5 Å². The van der Waals surface area contributed by atoms with Crippen molar-refractivity contribution in [3.05, 3.63) is 57.5 Å². The minimum absolute atomic E-state index is 0.0302. The smallest absolute Gasteiger partial charge is 0.325 e. The molecule has 12 nitrogen and oxygen atoms in total. The van der Waals surface area contributed by atoms with Crippen molar-refractivity contribution in [3.8, 4) is 0 Å². The largest absolute Gasteiger partial charge is 0.465 e. The van der Waals surface area contributed by atoms with Gasteiger partial charge in [-0.3, -0.25) is 24.8 Å². The Balaban J connectivity index is 0.000000697. The summed E-state index contributed by atoms with van der Waals surface area (Å²) in [7, 11) is -1.71. The highest BCUT2D eigenvalue weighted by molar-refractivity contribution is 7.90. The molecule has 1 aliphatic heterocycles. The third kappa shape index (κ3) is 13.6. The maximum atomic E-state index is 12.0. The van der Waals surface area contributed by atoms with Gasteiger partial charge in [0, 0.05) is 26.4 Å². The molecule has 1 heterocycles. The normalized spacial score (nSPS) is 14.6. The molecule has 13 heteroatoms. The minimum Gasteiger partial charge on any atom is -0.465 e. The fraction of sp³-hybridized carbons (Fsp3) is 0.565. The number of benzene rings is 1. The molecule has 202 valence electrons. The first kappa shape index (κ1) is 30.8. The molecule has 1 aromatic rings. The summed E-state index contributed by atoms with van der Waals surface area (Å²) in [6, 6.07) is 8.32. The Bertz CT molecular complexity index is 1000. The van der Waals surface area contributed by atoms with Crippen molar-refractivity contribution in [3.63, 3.8) is 0 Å². The first-order valence-corrected chi connectivity index (χ1v) is 13.7. The lowest BCUT2D eigenvalue weighted by Crippen LogP contribution is -2.35. The van der Waals surface area contributed by atoms with Gasteiger partial charge >= 0.3 is 5.97 Å². The van der Waals surface area contributed by atoms with Gasteiger partial charge in [-0.25, -0.2) is 8.42 Å². The first-order chi connectivity index (χ1) is 16.9. The Morgan fingerprint density at radius 3 is 2.33 bits per heavy atom. The van der Waals surface area contributed by atoms with Crippen molar-refractivity contribution in [2.75, 3.05) is 45.4 Å². The van der Waals surface area contributed by atoms with E-state index in [1.807, 2.05) is 12.1 Å². The van der Waals surface area contributed by atoms with Crippen molar-refractivity contribution in [2.24, 2.45) is 10.7 Å². The Morgan fingerprint density at radius 2 is 1.86 bits per heavy atom. The number of carbonyl (C=O) groups is 1. The van der Waals surface area contributed by atoms with Crippen LogP contribution in [0.3, 0.4) is 0 Å². The average Bonchev–Trinajstić information content (AvgIpc) is 3.31. The minimum atomic E-state index is -3.22. The number of amidine groups is 1. The summed E-state index contributed by atoms with van der Waals surface area (Å²) in [4.78, 5) is 29.2. The number of nitrogens with zero attached hydrogens (tertiary/aromatic N) is 4. The Labute approximate surface area is 213 Å². The van der Waals surface area contributed by atoms with Crippen LogP contribution in [-0.2, 0) is 32.5 Å². The molecule has 2 rings (SSSR count). The van der Waals surface area contributed by atoms with Crippen LogP contribution in [0.2, 0.25) is 0 Å². The van der Waals surface area contributed by atoms with E-state index in [1.54, 1.807) is 18.7 Å². The van der Waals surface area contributed by atoms with Crippen LogP contribution in [0.1, 0.15) is 37.8 Å². The maximum absolute atomic E-state index is 12.0. The van der Waals surface area contributed by atoms with Gasteiger partial charge in [-0.05, 0) is 50.9 Å². The van der Waals surface area contributed by atoms with E-state index in [1.165, 1.54) is 25.5 Å². The fourth-order valence-electron chi connectivity index (χ4n) is 3.31. The van der Waals surface area contributed by atoms with E-state index in [-0.39, 0.29) is 24.2 Å². The van der Waals surface area contributed by atoms with Gasteiger partial charge in [-0.1, -0.05) is 24.3 Å². The zero-order valence-electron chi connectivity index (χ0n) is 21.5. The summed E-state index contributed by atoms with van der Waals surface area (Å²) in [5, 5.41) is 12.0. The number of carbonyl (C=O) groups excluding carboxylic acids is 1. The lowest BCUT2D eigenvalue weighted by molar-refractivity contribution is -0.403. The third-order valence-corrected chi connectivity index (χ3v) is 5.74. The van der Waals surface area contributed by atoms with Gasteiger partial charge in [0.2, 0.25) is 0 Å². The number of rotatable bonds is 11. The molecule has 1 aliphatic rings. The van der Waals surface area contributed by atoms with E-state index in [0.29, 0.717) is 25.2 Å². The Hall–Kier alpha value is -3.19. The van der Waals surface area contributed by atoms with Gasteiger partial charge in [-0.2, -0.15) is 0 Å². The van der Waals surface area contributed by atoms with E-state index < -0.39 is 14.8 Å². The Morgan fingerprint density at radius 1 is 1.28 bits per heavy atom. The summed E-state index contributed by atoms with van der Waals surface area (Å²) in [6.07, 6.45) is 4.37. The molecule has 0 aromatic heterocycles. The molecule has 0 atom stereocenters. The number of hydrogen-bond donors (Lipinski definition) is 2. The summed E-state index contributed by atoms with van der Waals surface area (Å²) in [5.74, 6) is -0.107. The molecule has 0 unspecified atom stereocenters. The van der Waals surface area contributed by atoms with E-state index in [4.69, 9.17) is 10.5 Å². The van der Waals surface area contributed by atoms with Crippen LogP contribution < -0.4 is 11.1 Å². The quantitative estimate of drug-likeness (QED) is 0.141. The van der Waals surface area contributed by atoms with Crippen molar-refractivity contribution in [1.29, 1.82) is 0 Å². The molecular formula is C23H38N6O6S. The zero-order valence-corrected chi connectivity index (χ0v) is 22.3. The molecule has 1 fully saturated rings. The first-order valence-electron chi connectivity index (χ1n) is 11.6. The summed E-state index contributed by atoms with van der Waals surface area (Å²) < 4.78 is 27.8. The van der Waals surface area contributed by atoms with Crippen molar-refractivity contribution in [1.82, 2.24) is 15.1 Å². The van der Waals surface area contributed by atoms with E-state index in [9.17, 15) is 23.3 Å². The molecule has 36 heavy (non-hydrogen) atoms. The fourth-order valence-corrected chi connectivity index (χ4v) is 3.73. The number of sulfone groups is 1. The molecule has 1 saturated heterocycles. The highest BCUT2D eigenvalue weighted by Gasteiger charge is 2.15. The van der Waals surface area contributed by atoms with Crippen LogP contribution in [-0.4, -0.2) is 80.4 Å². The van der Waals surface area contributed by atoms with E-state index >= 15 is 0 Å². The lowest BCUT2D eigenvalue weighted by atomic mass is 10.1. The molecule has 3 N–H and O–H groups in total. The van der Waals surface area contributed by atoms with Crippen LogP contribution in [0.25, 0.3) is 0 Å². The molecule has 0 radical (unpaired) electrons. The topological polar surface area (TPSA) is 160 Å². The summed E-state index contributed by atoms with van der Waals surface area (Å²) in [6.45, 7) is 7.54. The van der Waals surface area contributed by atoms with Gasteiger partial charge in [0.15, 0.2) is 15.7 Å². The predicted octanol–water partition coefficient (Wildman–Crippen LogP) is 1.31. The molecule has 1 aromatic carbocycles. The highest BCUT2D eigenvalue weighted by atomic mass is 32.2. The number of ether oxygens (including phenoxy) is 1. The number of likely N-dealkylation sites (tertiary alicyclic amines) is 1. The number of nitro groups is 1. The number of esters is 1. The summed E-state index contributed by atoms with van der Waals surface area (Å²) in [5.41, 5.74) is 7.28. The lowest BCUT2D eigenvalue weighted by Gasteiger charge is -2.23. The van der Waals surface area contributed by atoms with Crippen LogP contribution in [0.5, 0.6) is 0 Å². The molecule has 0 saturated carbocycles. The number of hydrogen-bond acceptors (Lipinski definition) is 10.